The average Bonchev–Trinajstić information content (AvgIpc) is 1.72. The van der Waals surface area contributed by atoms with Gasteiger partial charge in [-0.25, -0.2) is 0 Å². The van der Waals surface area contributed by atoms with E-state index in [4.69, 9.17) is 17.2 Å². The first-order chi connectivity index (χ1) is 61.5. The maximum atomic E-state index is 15.5. The fourth-order valence-electron chi connectivity index (χ4n) is 14.8. The number of primary amides is 2. The first-order valence-corrected chi connectivity index (χ1v) is 43.6. The molecule has 5 aromatic carbocycles. The summed E-state index contributed by atoms with van der Waals surface area (Å²) in [5.74, 6) is -16.6. The number of unbranched alkanes of at least 4 members (excludes halogenated alkanes) is 1. The van der Waals surface area contributed by atoms with Gasteiger partial charge < -0.3 is 105 Å². The molecule has 7 aromatic rings. The van der Waals surface area contributed by atoms with Gasteiger partial charge in [-0.15, -0.1) is 11.8 Å². The number of phenolic OH excluding ortho intramolecular Hbond substituents is 2. The zero-order valence-electron chi connectivity index (χ0n) is 73.5. The summed E-state index contributed by atoms with van der Waals surface area (Å²) in [6.07, 6.45) is 3.21. The van der Waals surface area contributed by atoms with E-state index in [0.29, 0.717) is 57.1 Å². The number of nitrogens with zero attached hydrogens (tertiary/aromatic N) is 6. The highest BCUT2D eigenvalue weighted by Crippen LogP contribution is 2.24. The smallest absolute Gasteiger partial charge is 0.246 e. The van der Waals surface area contributed by atoms with Crippen molar-refractivity contribution in [1.29, 1.82) is 0 Å². The van der Waals surface area contributed by atoms with Crippen molar-refractivity contribution in [3.8, 4) is 11.5 Å². The Labute approximate surface area is 752 Å². The number of hydrogen-bond acceptors (Lipinski definition) is 21. The molecule has 0 saturated carbocycles. The van der Waals surface area contributed by atoms with Crippen molar-refractivity contribution in [2.75, 3.05) is 72.9 Å². The Morgan fingerprint density at radius 1 is 0.465 bits per heavy atom. The van der Waals surface area contributed by atoms with Gasteiger partial charge in [0.05, 0.1) is 31.8 Å². The van der Waals surface area contributed by atoms with Gasteiger partial charge in [0.2, 0.25) is 94.5 Å². The van der Waals surface area contributed by atoms with E-state index in [9.17, 15) is 48.6 Å². The molecular weight excluding hydrogens is 1680 g/mol. The maximum absolute atomic E-state index is 15.5. The largest absolute Gasteiger partial charge is 0.508 e. The summed E-state index contributed by atoms with van der Waals surface area (Å²) in [6, 6.07) is 21.8. The van der Waals surface area contributed by atoms with Crippen LogP contribution >= 0.6 is 11.8 Å². The number of aromatic nitrogens is 2. The lowest BCUT2D eigenvalue weighted by Crippen LogP contribution is -2.61. The Bertz CT molecular complexity index is 5050. The minimum atomic E-state index is -1.79. The molecule has 129 heavy (non-hydrogen) atoms. The highest BCUT2D eigenvalue weighted by atomic mass is 32.2. The Morgan fingerprint density at radius 3 is 1.51 bits per heavy atom. The van der Waals surface area contributed by atoms with E-state index in [1.807, 2.05) is 6.92 Å². The summed E-state index contributed by atoms with van der Waals surface area (Å²) in [6.45, 7) is 2.72. The monoisotopic (exact) mass is 1800 g/mol. The molecule has 38 heteroatoms. The third-order valence-electron chi connectivity index (χ3n) is 22.0. The second kappa shape index (κ2) is 49.4. The normalized spacial score (nSPS) is 21.9. The number of aromatic amines is 1. The Kier molecular flexibility index (Phi) is 38.5. The Balaban J connectivity index is 1.21. The molecule has 37 nitrogen and oxygen atoms in total. The van der Waals surface area contributed by atoms with Crippen LogP contribution in [0.25, 0.3) is 10.9 Å². The van der Waals surface area contributed by atoms with Crippen molar-refractivity contribution < 1.29 is 86.9 Å². The number of H-pyrrole nitrogens is 1. The lowest BCUT2D eigenvalue weighted by Gasteiger charge is -2.37. The van der Waals surface area contributed by atoms with Gasteiger partial charge in [-0.05, 0) is 108 Å². The summed E-state index contributed by atoms with van der Waals surface area (Å²) in [5.41, 5.74) is 20.8. The molecule has 2 aromatic heterocycles. The van der Waals surface area contributed by atoms with E-state index >= 15 is 38.4 Å². The zero-order chi connectivity index (χ0) is 94.1. The van der Waals surface area contributed by atoms with Crippen LogP contribution in [0.15, 0.2) is 164 Å². The lowest BCUT2D eigenvalue weighted by molar-refractivity contribution is -0.151. The molecule has 1 saturated heterocycles. The minimum Gasteiger partial charge on any atom is -0.508 e. The fourth-order valence-corrected chi connectivity index (χ4v) is 15.6. The number of fused-ring (bicyclic) bond motifs is 1. The van der Waals surface area contributed by atoms with Crippen molar-refractivity contribution >= 4 is 117 Å². The molecule has 0 unspecified atom stereocenters. The van der Waals surface area contributed by atoms with Crippen LogP contribution in [0.3, 0.4) is 0 Å². The molecule has 11 atom stereocenters. The molecule has 1 aliphatic heterocycles. The zero-order valence-corrected chi connectivity index (χ0v) is 74.3. The molecule has 0 bridgehead atoms. The van der Waals surface area contributed by atoms with Crippen LogP contribution in [-0.4, -0.2) is 279 Å². The van der Waals surface area contributed by atoms with Crippen molar-refractivity contribution in [2.24, 2.45) is 23.1 Å². The third kappa shape index (κ3) is 30.5. The number of benzene rings is 5. The molecule has 16 amide bonds. The van der Waals surface area contributed by atoms with E-state index in [0.717, 1.165) is 31.4 Å². The molecule has 0 spiro atoms. The molecule has 0 radical (unpaired) electrons. The number of carbonyl (C=O) groups excluding carboxylic acids is 16. The molecule has 1 aliphatic rings. The molecule has 0 aliphatic carbocycles. The van der Waals surface area contributed by atoms with E-state index in [1.54, 1.807) is 117 Å². The average molecular weight is 1800 g/mol. The quantitative estimate of drug-likeness (QED) is 0.0373. The number of likely N-dealkylation sites (N-methyl/N-ethyl adjacent to an activating group) is 5. The molecular formula is C91H117N19O18S. The predicted octanol–water partition coefficient (Wildman–Crippen LogP) is -0.185. The second-order valence-corrected chi connectivity index (χ2v) is 33.3. The van der Waals surface area contributed by atoms with Gasteiger partial charge in [-0.1, -0.05) is 137 Å². The number of rotatable bonds is 24. The van der Waals surface area contributed by atoms with Crippen LogP contribution in [0.2, 0.25) is 0 Å². The van der Waals surface area contributed by atoms with Gasteiger partial charge in [0.1, 0.15) is 78.0 Å². The van der Waals surface area contributed by atoms with Crippen molar-refractivity contribution in [3.05, 3.63) is 198 Å². The van der Waals surface area contributed by atoms with E-state index in [2.05, 4.69) is 57.8 Å². The predicted molar refractivity (Wildman–Crippen MR) is 480 cm³/mol. The van der Waals surface area contributed by atoms with Gasteiger partial charge >= 0.3 is 0 Å². The number of nitrogens with one attached hydrogen (secondary N) is 10. The van der Waals surface area contributed by atoms with Crippen molar-refractivity contribution in [2.45, 2.75) is 164 Å². The van der Waals surface area contributed by atoms with E-state index in [1.165, 1.54) is 101 Å². The van der Waals surface area contributed by atoms with Crippen LogP contribution in [0.4, 0.5) is 0 Å². The first-order valence-electron chi connectivity index (χ1n) is 42.4. The van der Waals surface area contributed by atoms with Gasteiger partial charge in [-0.3, -0.25) is 81.7 Å². The summed E-state index contributed by atoms with van der Waals surface area (Å²) < 4.78 is 0. The number of para-hydroxylation sites is 1. The molecule has 3 heterocycles. The van der Waals surface area contributed by atoms with Crippen molar-refractivity contribution in [3.63, 3.8) is 0 Å². The Morgan fingerprint density at radius 2 is 0.938 bits per heavy atom. The number of nitrogens with two attached hydrogens (primary N) is 3. The summed E-state index contributed by atoms with van der Waals surface area (Å²) >= 11 is 0.812. The molecule has 18 N–H and O–H groups in total. The summed E-state index contributed by atoms with van der Waals surface area (Å²) in [4.78, 5) is 248. The SMILES string of the molecule is CCCC[C@H]1C(=O)N(C)CC(=O)N[C@@H](CC(N)=O)C(=O)N[C@@H](C(C)C)C(=O)N(C)[C@@H](Cc2ccccc2)C(=O)N[C@@H](Cc2ccc(O)cc2)C(=O)N(C)CC(=O)N[C@@H](Cc2c[nH]c3ccccc23)C(=O)N[C@@H](Cc2ccc(O)cc2)C(=O)N[C@@H](CCCN)C(=O)N[C@H](C(=O)NCC(N)=O)CSCC(=O)N[C@@H](Cc2ccccc2)C(=O)N(C)[C@@H](Cc2ccncc2)C(=O)N1C. The Hall–Kier alpha value is -13.8. The number of carbonyl (C=O) groups is 16. The van der Waals surface area contributed by atoms with E-state index in [-0.39, 0.29) is 75.8 Å². The molecule has 1 fully saturated rings. The number of aromatic hydroxyl groups is 2. The minimum absolute atomic E-state index is 0.0198. The van der Waals surface area contributed by atoms with Gasteiger partial charge in [0, 0.05) is 109 Å². The van der Waals surface area contributed by atoms with Crippen LogP contribution in [0.5, 0.6) is 11.5 Å². The van der Waals surface area contributed by atoms with Crippen molar-refractivity contribution in [1.82, 2.24) is 82.3 Å². The molecule has 690 valence electrons. The van der Waals surface area contributed by atoms with Crippen LogP contribution in [-0.2, 0) is 115 Å². The highest BCUT2D eigenvalue weighted by molar-refractivity contribution is 8.00. The number of thioether (sulfide) groups is 1. The van der Waals surface area contributed by atoms with E-state index < -0.39 is 204 Å². The first kappa shape index (κ1) is 101. The third-order valence-corrected chi connectivity index (χ3v) is 23.0. The second-order valence-electron chi connectivity index (χ2n) is 32.3. The summed E-state index contributed by atoms with van der Waals surface area (Å²) in [5, 5.41) is 45.3. The summed E-state index contributed by atoms with van der Waals surface area (Å²) in [7, 11) is 6.55. The van der Waals surface area contributed by atoms with Crippen LogP contribution < -0.4 is 65.1 Å². The van der Waals surface area contributed by atoms with Gasteiger partial charge in [0.25, 0.3) is 0 Å². The standard InChI is InChI=1S/C91H117N19O18S/c1-9-10-27-72-89(126)107(5)51-78(116)99-68(47-75(93)113)85(122)105-80(54(2)3)91(128)109(7)73(44-56-22-15-12-16-23-56)86(123)103-69(43-58-30-34-62(112)35-31-58)87(124)106(4)50-77(115)98-67(46-60-48-96-64-25-18-17-24-63(60)64)84(121)102-66(41-57-28-32-61(111)33-29-57)83(120)101-65(26-19-38-92)82(119)104-71(81(118)97-49-76(94)114)52-129-53-79(117)100-70(42-55-20-13-11-14-21-55)88(125)110(8)74(90(127)108(72)6)45-59-36-39-95-40-37-59/h11-18,20-25,28-37,39-40,48,54,65-74,80,96,111-112H,9-10,19,26-27,38,41-47,49-53,92H2,1-8H3,(H2,93,113)(H2,94,114)(H,97,118)(H,98,115)(H,99,116)(H,100,117)(H,101,120)(H,102,121)(H,103,123)(H,104,119)(H,105,122)/t65-,66-,67-,68-,69-,70-,71-,72-,73-,74-,80-/m0/s1. The highest BCUT2D eigenvalue weighted by Gasteiger charge is 2.42. The number of amides is 16. The maximum Gasteiger partial charge on any atom is 0.246 e. The van der Waals surface area contributed by atoms with Gasteiger partial charge in [0.15, 0.2) is 0 Å². The fraction of sp³-hybridized carbons (Fsp3) is 0.418. The van der Waals surface area contributed by atoms with Crippen LogP contribution in [0, 0.1) is 5.92 Å². The lowest BCUT2D eigenvalue weighted by atomic mass is 9.98. The van der Waals surface area contributed by atoms with Crippen LogP contribution in [0.1, 0.15) is 92.7 Å². The number of phenols is 2. The van der Waals surface area contributed by atoms with Gasteiger partial charge in [-0.2, -0.15) is 0 Å². The number of pyridine rings is 1. The topological polar surface area (TPSA) is 545 Å². The molecule has 8 rings (SSSR count). The number of hydrogen-bond donors (Lipinski definition) is 15.